The van der Waals surface area contributed by atoms with E-state index in [-0.39, 0.29) is 63.3 Å². The molecule has 0 fully saturated rings. The van der Waals surface area contributed by atoms with Crippen LogP contribution in [0.15, 0.2) is 68.6 Å². The Bertz CT molecular complexity index is 2200. The number of primary amides is 1. The van der Waals surface area contributed by atoms with Crippen LogP contribution in [0.4, 0.5) is 11.6 Å². The summed E-state index contributed by atoms with van der Waals surface area (Å²) in [7, 11) is -4.86. The van der Waals surface area contributed by atoms with Crippen molar-refractivity contribution in [2.45, 2.75) is 30.3 Å². The molecule has 51 heavy (non-hydrogen) atoms. The SMILES string of the molecule is CNC(=O)C(Sc1cnc(NS(=O)(=O)c2cccc(Cl)c2Cl)c(OC)n1)C(Sc1cnc(NS(=O)(=O)c2cccc(Cl)c2Cl)c(OC)n1)C(N)=O. The van der Waals surface area contributed by atoms with Crippen LogP contribution in [0.25, 0.3) is 0 Å². The summed E-state index contributed by atoms with van der Waals surface area (Å²) in [6.45, 7) is 0. The number of methoxy groups -OCH3 is 2. The Kier molecular flexibility index (Phi) is 13.3. The summed E-state index contributed by atoms with van der Waals surface area (Å²) in [5.41, 5.74) is 5.73. The minimum atomic E-state index is -4.31. The predicted molar refractivity (Wildman–Crippen MR) is 194 cm³/mol. The highest BCUT2D eigenvalue weighted by atomic mass is 35.5. The molecular weight excluding hydrogens is 834 g/mol. The van der Waals surface area contributed by atoms with Crippen LogP contribution in [-0.2, 0) is 29.6 Å². The molecule has 0 aliphatic rings. The molecule has 2 aromatic carbocycles. The number of hydrogen-bond acceptors (Lipinski definition) is 14. The molecule has 24 heteroatoms. The molecule has 5 N–H and O–H groups in total. The van der Waals surface area contributed by atoms with Gasteiger partial charge in [-0.15, -0.1) is 0 Å². The molecule has 0 aliphatic carbocycles. The van der Waals surface area contributed by atoms with Crippen LogP contribution in [0.1, 0.15) is 0 Å². The highest BCUT2D eigenvalue weighted by Crippen LogP contribution is 2.37. The lowest BCUT2D eigenvalue weighted by molar-refractivity contribution is -0.123. The first-order valence-corrected chi connectivity index (χ1v) is 19.9. The van der Waals surface area contributed by atoms with Gasteiger partial charge >= 0.3 is 0 Å². The van der Waals surface area contributed by atoms with Gasteiger partial charge in [0.2, 0.25) is 23.5 Å². The van der Waals surface area contributed by atoms with Gasteiger partial charge in [0.15, 0.2) is 0 Å². The van der Waals surface area contributed by atoms with Crippen LogP contribution in [0, 0.1) is 0 Å². The largest absolute Gasteiger partial charge is 0.478 e. The lowest BCUT2D eigenvalue weighted by atomic mass is 10.2. The normalized spacial score (nSPS) is 12.8. The third-order valence-electron chi connectivity index (χ3n) is 6.25. The molecule has 0 spiro atoms. The topological polar surface area (TPSA) is 235 Å². The maximum atomic E-state index is 13.1. The molecule has 272 valence electrons. The molecule has 2 heterocycles. The van der Waals surface area contributed by atoms with E-state index in [1.165, 1.54) is 57.7 Å². The molecule has 0 aliphatic heterocycles. The summed E-state index contributed by atoms with van der Waals surface area (Å²) < 4.78 is 67.1. The van der Waals surface area contributed by atoms with E-state index in [9.17, 15) is 26.4 Å². The Morgan fingerprint density at radius 2 is 1.16 bits per heavy atom. The summed E-state index contributed by atoms with van der Waals surface area (Å²) >= 11 is 25.6. The minimum Gasteiger partial charge on any atom is -0.478 e. The van der Waals surface area contributed by atoms with E-state index in [1.807, 2.05) is 0 Å². The van der Waals surface area contributed by atoms with Gasteiger partial charge in [-0.3, -0.25) is 19.0 Å². The van der Waals surface area contributed by atoms with Crippen molar-refractivity contribution in [3.8, 4) is 11.8 Å². The van der Waals surface area contributed by atoms with Gasteiger partial charge in [0.1, 0.15) is 30.3 Å². The third-order valence-corrected chi connectivity index (χ3v) is 13.4. The van der Waals surface area contributed by atoms with Gasteiger partial charge in [0.25, 0.3) is 31.8 Å². The standard InChI is InChI=1S/C27H24Cl4N8O8S4/c1-33-25(41)21(49-17-11-35-24(27(37-17)47-3)39-51(44,45)15-9-5-7-13(29)19(15)31)20(22(32)40)48-16-10-34-23(26(36-16)46-2)38-50(42,43)14-8-4-6-12(28)18(14)30/h4-11,20-21H,1-3H3,(H2,32,40)(H,33,41)(H,34,38)(H,35,39). The lowest BCUT2D eigenvalue weighted by Crippen LogP contribution is -2.43. The number of nitrogens with two attached hydrogens (primary N) is 1. The number of nitrogens with zero attached hydrogens (tertiary/aromatic N) is 4. The van der Waals surface area contributed by atoms with E-state index >= 15 is 0 Å². The quantitative estimate of drug-likeness (QED) is 0.122. The molecular formula is C27H24Cl4N8O8S4. The van der Waals surface area contributed by atoms with Crippen LogP contribution in [0.5, 0.6) is 11.8 Å². The van der Waals surface area contributed by atoms with Crippen LogP contribution in [0.2, 0.25) is 20.1 Å². The van der Waals surface area contributed by atoms with Crippen molar-refractivity contribution < 1.29 is 35.9 Å². The van der Waals surface area contributed by atoms with Crippen LogP contribution in [0.3, 0.4) is 0 Å². The number of carbonyl (C=O) groups excluding carboxylic acids is 2. The van der Waals surface area contributed by atoms with Gasteiger partial charge in [0.05, 0.1) is 46.7 Å². The van der Waals surface area contributed by atoms with Crippen molar-refractivity contribution in [3.05, 3.63) is 68.9 Å². The number of halogens is 4. The van der Waals surface area contributed by atoms with Crippen molar-refractivity contribution in [2.75, 3.05) is 30.7 Å². The Labute approximate surface area is 320 Å². The van der Waals surface area contributed by atoms with Gasteiger partial charge in [0, 0.05) is 7.05 Å². The van der Waals surface area contributed by atoms with Gasteiger partial charge < -0.3 is 20.5 Å². The van der Waals surface area contributed by atoms with Gasteiger partial charge in [-0.2, -0.15) is 0 Å². The second kappa shape index (κ2) is 16.9. The Morgan fingerprint density at radius 1 is 0.745 bits per heavy atom. The molecule has 0 saturated heterocycles. The fraction of sp³-hybridized carbons (Fsp3) is 0.185. The van der Waals surface area contributed by atoms with Crippen LogP contribution >= 0.6 is 69.9 Å². The molecule has 0 saturated carbocycles. The van der Waals surface area contributed by atoms with Gasteiger partial charge in [-0.05, 0) is 24.3 Å². The number of ether oxygens (including phenoxy) is 2. The average Bonchev–Trinajstić information content (AvgIpc) is 3.08. The number of benzene rings is 2. The summed E-state index contributed by atoms with van der Waals surface area (Å²) in [5, 5.41) is -0.520. The maximum absolute atomic E-state index is 13.1. The smallest absolute Gasteiger partial charge is 0.264 e. The van der Waals surface area contributed by atoms with E-state index in [1.54, 1.807) is 0 Å². The fourth-order valence-corrected chi connectivity index (χ4v) is 9.66. The van der Waals surface area contributed by atoms with Crippen LogP contribution in [-0.4, -0.2) is 80.4 Å². The average molecular weight is 859 g/mol. The molecule has 0 bridgehead atoms. The molecule has 2 unspecified atom stereocenters. The zero-order chi connectivity index (χ0) is 37.7. The summed E-state index contributed by atoms with van der Waals surface area (Å²) in [5.74, 6) is -2.80. The monoisotopic (exact) mass is 856 g/mol. The molecule has 16 nitrogen and oxygen atoms in total. The summed E-state index contributed by atoms with van der Waals surface area (Å²) in [6, 6.07) is 8.09. The summed E-state index contributed by atoms with van der Waals surface area (Å²) in [4.78, 5) is 41.8. The van der Waals surface area contributed by atoms with Gasteiger partial charge in [-0.25, -0.2) is 36.8 Å². The lowest BCUT2D eigenvalue weighted by Gasteiger charge is -2.22. The van der Waals surface area contributed by atoms with Crippen molar-refractivity contribution in [1.29, 1.82) is 0 Å². The number of sulfonamides is 2. The van der Waals surface area contributed by atoms with Crippen LogP contribution < -0.4 is 30.0 Å². The van der Waals surface area contributed by atoms with E-state index in [0.29, 0.717) is 0 Å². The molecule has 0 radical (unpaired) electrons. The fourth-order valence-electron chi connectivity index (χ4n) is 3.92. The molecule has 2 aromatic heterocycles. The molecule has 2 amide bonds. The Morgan fingerprint density at radius 3 is 1.53 bits per heavy atom. The number of amides is 2. The molecule has 4 aromatic rings. The maximum Gasteiger partial charge on any atom is 0.264 e. The number of aromatic nitrogens is 4. The third kappa shape index (κ3) is 9.49. The molecule has 4 rings (SSSR count). The zero-order valence-electron chi connectivity index (χ0n) is 26.1. The van der Waals surface area contributed by atoms with Crippen molar-refractivity contribution in [3.63, 3.8) is 0 Å². The predicted octanol–water partition coefficient (Wildman–Crippen LogP) is 4.35. The van der Waals surface area contributed by atoms with E-state index < -0.39 is 42.4 Å². The number of carbonyl (C=O) groups is 2. The number of hydrogen-bond donors (Lipinski definition) is 4. The number of rotatable bonds is 15. The van der Waals surface area contributed by atoms with Crippen molar-refractivity contribution in [1.82, 2.24) is 25.3 Å². The van der Waals surface area contributed by atoms with Crippen molar-refractivity contribution >= 4 is 113 Å². The number of nitrogens with one attached hydrogen (secondary N) is 3. The summed E-state index contributed by atoms with van der Waals surface area (Å²) in [6.07, 6.45) is 2.27. The van der Waals surface area contributed by atoms with E-state index in [0.717, 1.165) is 35.9 Å². The second-order valence-electron chi connectivity index (χ2n) is 9.54. The number of thioether (sulfide) groups is 2. The minimum absolute atomic E-state index is 0.00882. The van der Waals surface area contributed by atoms with Gasteiger partial charge in [-0.1, -0.05) is 82.1 Å². The Balaban J connectivity index is 1.60. The first kappa shape index (κ1) is 40.3. The first-order valence-electron chi connectivity index (χ1n) is 13.6. The number of anilines is 2. The highest BCUT2D eigenvalue weighted by molar-refractivity contribution is 8.04. The molecule has 2 atom stereocenters. The van der Waals surface area contributed by atoms with E-state index in [4.69, 9.17) is 61.6 Å². The van der Waals surface area contributed by atoms with Crippen molar-refractivity contribution in [2.24, 2.45) is 5.73 Å². The van der Waals surface area contributed by atoms with E-state index in [2.05, 4.69) is 34.7 Å². The second-order valence-corrected chi connectivity index (χ2v) is 16.7. The first-order chi connectivity index (χ1) is 24.0. The highest BCUT2D eigenvalue weighted by Gasteiger charge is 2.36. The zero-order valence-corrected chi connectivity index (χ0v) is 32.3. The Hall–Kier alpha value is -3.50.